The van der Waals surface area contributed by atoms with Gasteiger partial charge in [0.2, 0.25) is 0 Å². The van der Waals surface area contributed by atoms with E-state index in [1.807, 2.05) is 11.3 Å². The van der Waals surface area contributed by atoms with E-state index in [0.717, 1.165) is 17.1 Å². The Morgan fingerprint density at radius 1 is 0.281 bits per heavy atom. The molecule has 300 valence electrons. The lowest BCUT2D eigenvalue weighted by molar-refractivity contribution is 1.28. The van der Waals surface area contributed by atoms with Gasteiger partial charge in [0.25, 0.3) is 0 Å². The Hall–Kier alpha value is -8.04. The first-order valence-corrected chi connectivity index (χ1v) is 22.7. The molecule has 0 aliphatic carbocycles. The fourth-order valence-electron chi connectivity index (χ4n) is 9.65. The molecule has 0 atom stereocenters. The zero-order chi connectivity index (χ0) is 42.4. The zero-order valence-corrected chi connectivity index (χ0v) is 35.8. The summed E-state index contributed by atoms with van der Waals surface area (Å²) in [7, 11) is 0. The van der Waals surface area contributed by atoms with Crippen LogP contribution in [0.1, 0.15) is 0 Å². The first kappa shape index (κ1) is 37.7. The van der Waals surface area contributed by atoms with Crippen molar-refractivity contribution in [2.24, 2.45) is 0 Å². The minimum Gasteiger partial charge on any atom is -0.310 e. The van der Waals surface area contributed by atoms with E-state index in [4.69, 9.17) is 0 Å². The predicted molar refractivity (Wildman–Crippen MR) is 276 cm³/mol. The molecule has 12 aromatic rings. The van der Waals surface area contributed by atoms with E-state index in [2.05, 4.69) is 254 Å². The molecule has 64 heavy (non-hydrogen) atoms. The van der Waals surface area contributed by atoms with Crippen molar-refractivity contribution in [3.63, 3.8) is 0 Å². The lowest BCUT2D eigenvalue weighted by Gasteiger charge is -2.30. The molecular formula is C62H41NS. The molecule has 12 rings (SSSR count). The predicted octanol–water partition coefficient (Wildman–Crippen LogP) is 18.2. The van der Waals surface area contributed by atoms with Gasteiger partial charge in [0.1, 0.15) is 0 Å². The van der Waals surface area contributed by atoms with Crippen LogP contribution in [0.3, 0.4) is 0 Å². The van der Waals surface area contributed by atoms with E-state index in [0.29, 0.717) is 0 Å². The quantitative estimate of drug-likeness (QED) is 0.138. The highest BCUT2D eigenvalue weighted by Crippen LogP contribution is 2.49. The normalized spacial score (nSPS) is 11.4. The van der Waals surface area contributed by atoms with Crippen molar-refractivity contribution >= 4 is 70.1 Å². The molecule has 0 aliphatic rings. The van der Waals surface area contributed by atoms with Gasteiger partial charge in [-0.3, -0.25) is 0 Å². The molecule has 1 heterocycles. The summed E-state index contributed by atoms with van der Waals surface area (Å²) in [5, 5.41) is 7.67. The molecule has 0 radical (unpaired) electrons. The van der Waals surface area contributed by atoms with Crippen molar-refractivity contribution in [2.45, 2.75) is 0 Å². The van der Waals surface area contributed by atoms with Gasteiger partial charge in [-0.1, -0.05) is 206 Å². The van der Waals surface area contributed by atoms with Crippen LogP contribution < -0.4 is 4.90 Å². The molecule has 2 heteroatoms. The molecule has 1 nitrogen and oxygen atoms in total. The minimum atomic E-state index is 1.08. The van der Waals surface area contributed by atoms with Crippen LogP contribution >= 0.6 is 11.3 Å². The van der Waals surface area contributed by atoms with E-state index in [9.17, 15) is 0 Å². The lowest BCUT2D eigenvalue weighted by atomic mass is 9.87. The molecule has 0 saturated carbocycles. The lowest BCUT2D eigenvalue weighted by Crippen LogP contribution is -2.12. The molecule has 0 unspecified atom stereocenters. The number of hydrogen-bond acceptors (Lipinski definition) is 2. The fourth-order valence-corrected chi connectivity index (χ4v) is 10.9. The second-order valence-electron chi connectivity index (χ2n) is 16.4. The first-order chi connectivity index (χ1) is 31.7. The summed E-state index contributed by atoms with van der Waals surface area (Å²) in [6, 6.07) is 91.0. The number of rotatable bonds is 8. The average Bonchev–Trinajstić information content (AvgIpc) is 3.76. The Balaban J connectivity index is 1.07. The van der Waals surface area contributed by atoms with Gasteiger partial charge >= 0.3 is 0 Å². The number of nitrogens with zero attached hydrogens (tertiary/aromatic N) is 1. The Morgan fingerprint density at radius 2 is 0.859 bits per heavy atom. The summed E-state index contributed by atoms with van der Waals surface area (Å²) < 4.78 is 2.62. The molecule has 11 aromatic carbocycles. The summed E-state index contributed by atoms with van der Waals surface area (Å²) in [4.78, 5) is 2.47. The fraction of sp³-hybridized carbons (Fsp3) is 0. The topological polar surface area (TPSA) is 3.24 Å². The highest BCUT2D eigenvalue weighted by atomic mass is 32.1. The van der Waals surface area contributed by atoms with Crippen molar-refractivity contribution < 1.29 is 0 Å². The van der Waals surface area contributed by atoms with E-state index in [1.165, 1.54) is 97.4 Å². The van der Waals surface area contributed by atoms with Gasteiger partial charge in [0.15, 0.2) is 0 Å². The van der Waals surface area contributed by atoms with Crippen LogP contribution in [0.4, 0.5) is 17.1 Å². The van der Waals surface area contributed by atoms with Crippen molar-refractivity contribution in [3.05, 3.63) is 249 Å². The molecule has 1 aromatic heterocycles. The molecular weight excluding hydrogens is 791 g/mol. The van der Waals surface area contributed by atoms with Crippen molar-refractivity contribution in [2.75, 3.05) is 4.90 Å². The number of hydrogen-bond donors (Lipinski definition) is 0. The molecule has 0 N–H and O–H groups in total. The van der Waals surface area contributed by atoms with Crippen LogP contribution in [-0.2, 0) is 0 Å². The van der Waals surface area contributed by atoms with Gasteiger partial charge in [0.05, 0.1) is 5.69 Å². The second kappa shape index (κ2) is 16.0. The maximum absolute atomic E-state index is 2.47. The van der Waals surface area contributed by atoms with E-state index in [-0.39, 0.29) is 0 Å². The minimum absolute atomic E-state index is 1.08. The van der Waals surface area contributed by atoms with Crippen LogP contribution in [-0.4, -0.2) is 0 Å². The Morgan fingerprint density at radius 3 is 1.69 bits per heavy atom. The number of fused-ring (bicyclic) bond motifs is 6. The zero-order valence-electron chi connectivity index (χ0n) is 35.0. The highest BCUT2D eigenvalue weighted by molar-refractivity contribution is 7.26. The first-order valence-electron chi connectivity index (χ1n) is 21.9. The van der Waals surface area contributed by atoms with Gasteiger partial charge < -0.3 is 4.90 Å². The molecule has 0 fully saturated rings. The highest BCUT2D eigenvalue weighted by Gasteiger charge is 2.23. The molecule has 0 aliphatic heterocycles. The number of thiophene rings is 1. The van der Waals surface area contributed by atoms with Gasteiger partial charge in [0, 0.05) is 37.1 Å². The Kier molecular flexibility index (Phi) is 9.43. The molecule has 0 amide bonds. The average molecular weight is 832 g/mol. The third-order valence-corrected chi connectivity index (χ3v) is 13.9. The maximum atomic E-state index is 2.47. The van der Waals surface area contributed by atoms with Gasteiger partial charge in [-0.05, 0) is 114 Å². The SMILES string of the molecule is c1ccc(-c2ccccc2-c2c(-c3ccccc3)cccc2N(c2ccc(-c3ccc4c(ccc5ccccc54)c3)cc2)c2cccc(-c3cccc4c3sc3ccccc34)c2)cc1. The van der Waals surface area contributed by atoms with Gasteiger partial charge in [-0.25, -0.2) is 0 Å². The monoisotopic (exact) mass is 831 g/mol. The summed E-state index contributed by atoms with van der Waals surface area (Å²) in [5.74, 6) is 0. The summed E-state index contributed by atoms with van der Waals surface area (Å²) in [6.07, 6.45) is 0. The molecule has 0 bridgehead atoms. The summed E-state index contributed by atoms with van der Waals surface area (Å²) in [6.45, 7) is 0. The largest absolute Gasteiger partial charge is 0.310 e. The van der Waals surface area contributed by atoms with E-state index >= 15 is 0 Å². The van der Waals surface area contributed by atoms with E-state index < -0.39 is 0 Å². The number of benzene rings is 11. The Bertz CT molecular complexity index is 3660. The van der Waals surface area contributed by atoms with Gasteiger partial charge in [-0.15, -0.1) is 11.3 Å². The summed E-state index contributed by atoms with van der Waals surface area (Å²) >= 11 is 1.88. The third kappa shape index (κ3) is 6.64. The molecule has 0 spiro atoms. The Labute approximate surface area is 377 Å². The van der Waals surface area contributed by atoms with Crippen LogP contribution in [0, 0.1) is 0 Å². The van der Waals surface area contributed by atoms with Crippen LogP contribution in [0.25, 0.3) is 97.4 Å². The van der Waals surface area contributed by atoms with Crippen molar-refractivity contribution in [3.8, 4) is 55.6 Å². The van der Waals surface area contributed by atoms with E-state index in [1.54, 1.807) is 0 Å². The van der Waals surface area contributed by atoms with Crippen molar-refractivity contribution in [1.82, 2.24) is 0 Å². The van der Waals surface area contributed by atoms with Crippen LogP contribution in [0.2, 0.25) is 0 Å². The van der Waals surface area contributed by atoms with Crippen LogP contribution in [0.5, 0.6) is 0 Å². The summed E-state index contributed by atoms with van der Waals surface area (Å²) in [5.41, 5.74) is 15.2. The molecule has 0 saturated heterocycles. The maximum Gasteiger partial charge on any atom is 0.0546 e. The second-order valence-corrected chi connectivity index (χ2v) is 17.5. The van der Waals surface area contributed by atoms with Crippen molar-refractivity contribution in [1.29, 1.82) is 0 Å². The standard InChI is InChI=1S/C62H41NS/c1-3-16-43(17-4-1)52-24-9-10-26-57(52)61-54(44-18-5-2-6-19-44)27-15-30-59(61)63(50-22-13-21-47(41-50)55-28-14-29-58-56-25-11-12-31-60(56)64-62(55)58)49-37-34-42(35-38-49)46-36-39-53-48(40-46)33-32-45-20-7-8-23-51(45)53/h1-41H. The smallest absolute Gasteiger partial charge is 0.0546 e. The van der Waals surface area contributed by atoms with Crippen LogP contribution in [0.15, 0.2) is 249 Å². The van der Waals surface area contributed by atoms with Gasteiger partial charge in [-0.2, -0.15) is 0 Å². The third-order valence-electron chi connectivity index (χ3n) is 12.7. The number of anilines is 3.